The summed E-state index contributed by atoms with van der Waals surface area (Å²) in [7, 11) is 0. The molecule has 0 aliphatic heterocycles. The lowest BCUT2D eigenvalue weighted by Gasteiger charge is -2.26. The second-order valence-electron chi connectivity index (χ2n) is 6.07. The Balaban J connectivity index is 2.02. The highest BCUT2D eigenvalue weighted by Crippen LogP contribution is 2.27. The maximum Gasteiger partial charge on any atom is 0.230 e. The average Bonchev–Trinajstić information content (AvgIpc) is 2.81. The van der Waals surface area contributed by atoms with Crippen LogP contribution >= 0.6 is 0 Å². The van der Waals surface area contributed by atoms with Crippen molar-refractivity contribution in [2.24, 2.45) is 5.92 Å². The molecule has 2 N–H and O–H groups in total. The first-order valence-electron chi connectivity index (χ1n) is 7.14. The highest BCUT2D eigenvalue weighted by atomic mass is 19.1. The van der Waals surface area contributed by atoms with E-state index in [2.05, 4.69) is 5.32 Å². The van der Waals surface area contributed by atoms with Gasteiger partial charge in [-0.15, -0.1) is 0 Å². The van der Waals surface area contributed by atoms with Crippen molar-refractivity contribution in [3.05, 3.63) is 35.6 Å². The van der Waals surface area contributed by atoms with Gasteiger partial charge < -0.3 is 10.4 Å². The SMILES string of the molecule is CC(C)(C(=O)NCC1CCCC1O)c1ccccc1F. The van der Waals surface area contributed by atoms with Gasteiger partial charge in [0, 0.05) is 18.0 Å². The molecule has 1 amide bonds. The number of benzene rings is 1. The molecule has 2 unspecified atom stereocenters. The first kappa shape index (κ1) is 15.0. The van der Waals surface area contributed by atoms with Crippen LogP contribution in [0.1, 0.15) is 38.7 Å². The van der Waals surface area contributed by atoms with Gasteiger partial charge in [-0.3, -0.25) is 4.79 Å². The van der Waals surface area contributed by atoms with Crippen LogP contribution in [0.2, 0.25) is 0 Å². The number of halogens is 1. The van der Waals surface area contributed by atoms with E-state index in [-0.39, 0.29) is 23.7 Å². The fourth-order valence-corrected chi connectivity index (χ4v) is 2.79. The van der Waals surface area contributed by atoms with Crippen LogP contribution in [0.25, 0.3) is 0 Å². The van der Waals surface area contributed by atoms with E-state index in [4.69, 9.17) is 0 Å². The molecule has 0 heterocycles. The summed E-state index contributed by atoms with van der Waals surface area (Å²) in [6, 6.07) is 6.35. The van der Waals surface area contributed by atoms with Crippen LogP contribution in [-0.2, 0) is 10.2 Å². The summed E-state index contributed by atoms with van der Waals surface area (Å²) in [6.07, 6.45) is 2.41. The third-order valence-electron chi connectivity index (χ3n) is 4.26. The minimum atomic E-state index is -0.922. The molecular formula is C16H22FNO2. The Morgan fingerprint density at radius 3 is 2.70 bits per heavy atom. The molecule has 3 nitrogen and oxygen atoms in total. The second-order valence-corrected chi connectivity index (χ2v) is 6.07. The molecule has 1 saturated carbocycles. The normalized spacial score (nSPS) is 22.8. The van der Waals surface area contributed by atoms with Crippen molar-refractivity contribution in [3.8, 4) is 0 Å². The molecule has 0 spiro atoms. The maximum atomic E-state index is 13.8. The number of hydrogen-bond donors (Lipinski definition) is 2. The Hall–Kier alpha value is -1.42. The molecule has 20 heavy (non-hydrogen) atoms. The monoisotopic (exact) mass is 279 g/mol. The van der Waals surface area contributed by atoms with Crippen LogP contribution < -0.4 is 5.32 Å². The van der Waals surface area contributed by atoms with Crippen LogP contribution in [0.4, 0.5) is 4.39 Å². The number of carbonyl (C=O) groups excluding carboxylic acids is 1. The molecule has 0 saturated heterocycles. The number of nitrogens with one attached hydrogen (secondary N) is 1. The highest BCUT2D eigenvalue weighted by molar-refractivity contribution is 5.87. The Bertz CT molecular complexity index is 487. The molecule has 1 aliphatic carbocycles. The summed E-state index contributed by atoms with van der Waals surface area (Å²) in [5.41, 5.74) is -0.529. The van der Waals surface area contributed by atoms with Crippen molar-refractivity contribution in [2.45, 2.75) is 44.6 Å². The van der Waals surface area contributed by atoms with E-state index in [1.165, 1.54) is 6.07 Å². The summed E-state index contributed by atoms with van der Waals surface area (Å²) < 4.78 is 13.8. The minimum Gasteiger partial charge on any atom is -0.393 e. The van der Waals surface area contributed by atoms with Crippen molar-refractivity contribution < 1.29 is 14.3 Å². The summed E-state index contributed by atoms with van der Waals surface area (Å²) in [4.78, 5) is 12.3. The third kappa shape index (κ3) is 3.01. The van der Waals surface area contributed by atoms with Gasteiger partial charge in [0.25, 0.3) is 0 Å². The Morgan fingerprint density at radius 2 is 2.10 bits per heavy atom. The van der Waals surface area contributed by atoms with Crippen LogP contribution in [0.5, 0.6) is 0 Å². The van der Waals surface area contributed by atoms with Gasteiger partial charge in [0.1, 0.15) is 5.82 Å². The van der Waals surface area contributed by atoms with Gasteiger partial charge in [-0.05, 0) is 32.8 Å². The van der Waals surface area contributed by atoms with Crippen LogP contribution in [0, 0.1) is 11.7 Å². The van der Waals surface area contributed by atoms with E-state index in [1.807, 2.05) is 0 Å². The van der Waals surface area contributed by atoms with Gasteiger partial charge in [0.15, 0.2) is 0 Å². The quantitative estimate of drug-likeness (QED) is 0.889. The standard InChI is InChI=1S/C16H22FNO2/c1-16(2,12-7-3-4-8-13(12)17)15(20)18-10-11-6-5-9-14(11)19/h3-4,7-8,11,14,19H,5-6,9-10H2,1-2H3,(H,18,20). The van der Waals surface area contributed by atoms with E-state index in [9.17, 15) is 14.3 Å². The number of aliphatic hydroxyl groups excluding tert-OH is 1. The lowest BCUT2D eigenvalue weighted by molar-refractivity contribution is -0.126. The van der Waals surface area contributed by atoms with Gasteiger partial charge in [0.05, 0.1) is 11.5 Å². The van der Waals surface area contributed by atoms with Crippen molar-refractivity contribution in [3.63, 3.8) is 0 Å². The zero-order chi connectivity index (χ0) is 14.8. The van der Waals surface area contributed by atoms with E-state index in [1.54, 1.807) is 32.0 Å². The van der Waals surface area contributed by atoms with E-state index >= 15 is 0 Å². The Kier molecular flexibility index (Phi) is 4.43. The van der Waals surface area contributed by atoms with Gasteiger partial charge in [-0.1, -0.05) is 24.6 Å². The van der Waals surface area contributed by atoms with Crippen LogP contribution in [-0.4, -0.2) is 23.7 Å². The fraction of sp³-hybridized carbons (Fsp3) is 0.562. The number of hydrogen-bond acceptors (Lipinski definition) is 2. The third-order valence-corrected chi connectivity index (χ3v) is 4.26. The molecule has 0 radical (unpaired) electrons. The van der Waals surface area contributed by atoms with Gasteiger partial charge in [-0.2, -0.15) is 0 Å². The highest BCUT2D eigenvalue weighted by Gasteiger charge is 2.33. The van der Waals surface area contributed by atoms with Gasteiger partial charge in [-0.25, -0.2) is 4.39 Å². The summed E-state index contributed by atoms with van der Waals surface area (Å²) >= 11 is 0. The second kappa shape index (κ2) is 5.92. The van der Waals surface area contributed by atoms with E-state index in [0.717, 1.165) is 19.3 Å². The Labute approximate surface area is 119 Å². The average molecular weight is 279 g/mol. The topological polar surface area (TPSA) is 49.3 Å². The zero-order valence-corrected chi connectivity index (χ0v) is 12.0. The number of carbonyl (C=O) groups is 1. The van der Waals surface area contributed by atoms with Gasteiger partial charge >= 0.3 is 0 Å². The largest absolute Gasteiger partial charge is 0.393 e. The van der Waals surface area contributed by atoms with Crippen molar-refractivity contribution in [2.75, 3.05) is 6.54 Å². The molecule has 2 atom stereocenters. The molecule has 1 aliphatic rings. The minimum absolute atomic E-state index is 0.121. The predicted octanol–water partition coefficient (Wildman–Crippen LogP) is 2.38. The molecule has 0 bridgehead atoms. The van der Waals surface area contributed by atoms with E-state index < -0.39 is 5.41 Å². The van der Waals surface area contributed by atoms with Crippen molar-refractivity contribution in [1.29, 1.82) is 0 Å². The first-order chi connectivity index (χ1) is 9.43. The first-order valence-corrected chi connectivity index (χ1v) is 7.14. The van der Waals surface area contributed by atoms with Crippen molar-refractivity contribution in [1.82, 2.24) is 5.32 Å². The molecule has 110 valence electrons. The van der Waals surface area contributed by atoms with Crippen LogP contribution in [0.3, 0.4) is 0 Å². The molecule has 1 aromatic rings. The maximum absolute atomic E-state index is 13.8. The summed E-state index contributed by atoms with van der Waals surface area (Å²) in [6.45, 7) is 3.88. The van der Waals surface area contributed by atoms with Crippen molar-refractivity contribution >= 4 is 5.91 Å². The van der Waals surface area contributed by atoms with Gasteiger partial charge in [0.2, 0.25) is 5.91 Å². The molecule has 0 aromatic heterocycles. The summed E-state index contributed by atoms with van der Waals surface area (Å²) in [5, 5.41) is 12.6. The number of amides is 1. The number of rotatable bonds is 4. The predicted molar refractivity (Wildman–Crippen MR) is 75.8 cm³/mol. The van der Waals surface area contributed by atoms with Crippen LogP contribution in [0.15, 0.2) is 24.3 Å². The Morgan fingerprint density at radius 1 is 1.40 bits per heavy atom. The zero-order valence-electron chi connectivity index (χ0n) is 12.0. The molecular weight excluding hydrogens is 257 g/mol. The lowest BCUT2D eigenvalue weighted by atomic mass is 9.83. The summed E-state index contributed by atoms with van der Waals surface area (Å²) in [5.74, 6) is -0.453. The fourth-order valence-electron chi connectivity index (χ4n) is 2.79. The lowest BCUT2D eigenvalue weighted by Crippen LogP contribution is -2.43. The molecule has 2 rings (SSSR count). The van der Waals surface area contributed by atoms with E-state index in [0.29, 0.717) is 12.1 Å². The number of aliphatic hydroxyl groups is 1. The molecule has 1 aromatic carbocycles. The molecule has 4 heteroatoms. The smallest absolute Gasteiger partial charge is 0.230 e. The molecule has 1 fully saturated rings.